The van der Waals surface area contributed by atoms with Crippen molar-refractivity contribution in [3.63, 3.8) is 0 Å². The molecule has 0 fully saturated rings. The number of hydrogen-bond acceptors (Lipinski definition) is 1. The molecule has 1 N–H and O–H groups in total. The van der Waals surface area contributed by atoms with Gasteiger partial charge < -0.3 is 5.11 Å². The Bertz CT molecular complexity index is 656. The first-order valence-electron chi connectivity index (χ1n) is 6.10. The fourth-order valence-electron chi connectivity index (χ4n) is 2.15. The highest BCUT2D eigenvalue weighted by Gasteiger charge is 2.71. The summed E-state index contributed by atoms with van der Waals surface area (Å²) in [6.45, 7) is 0. The van der Waals surface area contributed by atoms with Gasteiger partial charge in [0, 0.05) is 10.0 Å². The van der Waals surface area contributed by atoms with E-state index in [9.17, 15) is 27.1 Å². The molecular weight excluding hydrogens is 371 g/mol. The lowest BCUT2D eigenvalue weighted by Gasteiger charge is -2.38. The van der Waals surface area contributed by atoms with E-state index in [0.29, 0.717) is 0 Å². The first-order chi connectivity index (χ1) is 10.1. The summed E-state index contributed by atoms with van der Waals surface area (Å²) in [5.74, 6) is -5.38. The summed E-state index contributed by atoms with van der Waals surface area (Å²) in [7, 11) is 0. The van der Waals surface area contributed by atoms with Gasteiger partial charge in [0.05, 0.1) is 0 Å². The number of aliphatic hydroxyl groups is 1. The third kappa shape index (κ3) is 2.52. The van der Waals surface area contributed by atoms with Crippen LogP contribution < -0.4 is 0 Å². The van der Waals surface area contributed by atoms with Crippen LogP contribution in [0.4, 0.5) is 22.0 Å². The van der Waals surface area contributed by atoms with Crippen LogP contribution in [0.1, 0.15) is 11.1 Å². The van der Waals surface area contributed by atoms with E-state index in [1.54, 1.807) is 0 Å². The minimum atomic E-state index is -5.92. The van der Waals surface area contributed by atoms with Crippen molar-refractivity contribution < 1.29 is 27.1 Å². The molecule has 0 aliphatic carbocycles. The molecule has 2 rings (SSSR count). The molecule has 0 saturated carbocycles. The molecule has 0 amide bonds. The highest BCUT2D eigenvalue weighted by molar-refractivity contribution is 9.10. The molecule has 0 spiro atoms. The van der Waals surface area contributed by atoms with Gasteiger partial charge in [-0.25, -0.2) is 0 Å². The van der Waals surface area contributed by atoms with E-state index in [4.69, 9.17) is 0 Å². The molecule has 7 heteroatoms. The van der Waals surface area contributed by atoms with E-state index in [1.807, 2.05) is 0 Å². The van der Waals surface area contributed by atoms with Gasteiger partial charge in [-0.1, -0.05) is 64.5 Å². The monoisotopic (exact) mass is 380 g/mol. The number of halogens is 6. The topological polar surface area (TPSA) is 20.2 Å². The normalized spacial score (nSPS) is 15.4. The zero-order valence-electron chi connectivity index (χ0n) is 10.9. The Morgan fingerprint density at radius 1 is 0.773 bits per heavy atom. The predicted molar refractivity (Wildman–Crippen MR) is 74.6 cm³/mol. The zero-order valence-corrected chi connectivity index (χ0v) is 12.5. The van der Waals surface area contributed by atoms with E-state index >= 15 is 0 Å². The van der Waals surface area contributed by atoms with Crippen molar-refractivity contribution in [3.8, 4) is 0 Å². The van der Waals surface area contributed by atoms with Crippen molar-refractivity contribution in [1.29, 1.82) is 0 Å². The lowest BCUT2D eigenvalue weighted by Crippen LogP contribution is -2.55. The van der Waals surface area contributed by atoms with Crippen LogP contribution in [0.15, 0.2) is 59.1 Å². The second-order valence-corrected chi connectivity index (χ2v) is 5.48. The number of alkyl halides is 5. The quantitative estimate of drug-likeness (QED) is 0.752. The molecule has 2 aromatic rings. The molecule has 118 valence electrons. The summed E-state index contributed by atoms with van der Waals surface area (Å²) in [6, 6.07) is 11.1. The third-order valence-electron chi connectivity index (χ3n) is 3.27. The lowest BCUT2D eigenvalue weighted by molar-refractivity contribution is -0.336. The molecule has 1 unspecified atom stereocenters. The lowest BCUT2D eigenvalue weighted by atomic mass is 9.80. The number of hydrogen-bond donors (Lipinski definition) is 1. The Morgan fingerprint density at radius 3 is 1.77 bits per heavy atom. The van der Waals surface area contributed by atoms with E-state index in [1.165, 1.54) is 36.4 Å². The van der Waals surface area contributed by atoms with Gasteiger partial charge in [-0.15, -0.1) is 0 Å². The van der Waals surface area contributed by atoms with Gasteiger partial charge in [0.2, 0.25) is 0 Å². The maximum atomic E-state index is 14.1. The van der Waals surface area contributed by atoms with Gasteiger partial charge in [0.25, 0.3) is 0 Å². The molecule has 0 heterocycles. The Balaban J connectivity index is 2.80. The molecule has 0 aliphatic rings. The van der Waals surface area contributed by atoms with Gasteiger partial charge in [-0.05, 0) is 11.6 Å². The molecule has 22 heavy (non-hydrogen) atoms. The molecule has 0 saturated heterocycles. The van der Waals surface area contributed by atoms with Gasteiger partial charge in [0.15, 0.2) is 5.60 Å². The van der Waals surface area contributed by atoms with Crippen LogP contribution in [0.2, 0.25) is 0 Å². The standard InChI is InChI=1S/C15H10BrF5O/c16-12-9-5-4-8-11(12)13(22,10-6-2-1-3-7-10)14(17,18)15(19,20)21/h1-9,22H. The molecule has 1 nitrogen and oxygen atoms in total. The maximum Gasteiger partial charge on any atom is 0.457 e. The molecule has 0 bridgehead atoms. The van der Waals surface area contributed by atoms with E-state index in [-0.39, 0.29) is 4.47 Å². The highest BCUT2D eigenvalue weighted by Crippen LogP contribution is 2.52. The Hall–Kier alpha value is -1.47. The summed E-state index contributed by atoms with van der Waals surface area (Å²) in [5, 5.41) is 10.5. The van der Waals surface area contributed by atoms with Crippen LogP contribution in [0.3, 0.4) is 0 Å². The summed E-state index contributed by atoms with van der Waals surface area (Å²) in [4.78, 5) is 0. The molecule has 2 aromatic carbocycles. The fourth-order valence-corrected chi connectivity index (χ4v) is 2.72. The largest absolute Gasteiger partial charge is 0.457 e. The van der Waals surface area contributed by atoms with E-state index in [2.05, 4.69) is 15.9 Å². The first kappa shape index (κ1) is 16.9. The smallest absolute Gasteiger partial charge is 0.374 e. The third-order valence-corrected chi connectivity index (χ3v) is 3.96. The van der Waals surface area contributed by atoms with Gasteiger partial charge in [-0.3, -0.25) is 0 Å². The van der Waals surface area contributed by atoms with Crippen LogP contribution in [-0.4, -0.2) is 17.2 Å². The van der Waals surface area contributed by atoms with Crippen molar-refractivity contribution in [3.05, 3.63) is 70.2 Å². The minimum absolute atomic E-state index is 0.0507. The van der Waals surface area contributed by atoms with Gasteiger partial charge >= 0.3 is 12.1 Å². The van der Waals surface area contributed by atoms with Crippen molar-refractivity contribution in [2.75, 3.05) is 0 Å². The molecular formula is C15H10BrF5O. The Morgan fingerprint density at radius 2 is 1.27 bits per heavy atom. The van der Waals surface area contributed by atoms with Crippen LogP contribution in [0.5, 0.6) is 0 Å². The molecule has 0 radical (unpaired) electrons. The second-order valence-electron chi connectivity index (χ2n) is 4.63. The van der Waals surface area contributed by atoms with Crippen LogP contribution in [0.25, 0.3) is 0 Å². The van der Waals surface area contributed by atoms with E-state index < -0.39 is 28.8 Å². The van der Waals surface area contributed by atoms with Crippen molar-refractivity contribution in [2.45, 2.75) is 17.7 Å². The number of benzene rings is 2. The summed E-state index contributed by atoms with van der Waals surface area (Å²) in [6.07, 6.45) is -5.92. The molecule has 1 atom stereocenters. The summed E-state index contributed by atoms with van der Waals surface area (Å²) >= 11 is 2.93. The average molecular weight is 381 g/mol. The minimum Gasteiger partial charge on any atom is -0.374 e. The average Bonchev–Trinajstić information content (AvgIpc) is 2.46. The van der Waals surface area contributed by atoms with E-state index in [0.717, 1.165) is 18.2 Å². The number of rotatable bonds is 3. The predicted octanol–water partition coefficient (Wildman–Crippen LogP) is 4.88. The zero-order chi connectivity index (χ0) is 16.6. The van der Waals surface area contributed by atoms with Crippen LogP contribution >= 0.6 is 15.9 Å². The Kier molecular flexibility index (Phi) is 4.32. The fraction of sp³-hybridized carbons (Fsp3) is 0.200. The second kappa shape index (κ2) is 5.62. The first-order valence-corrected chi connectivity index (χ1v) is 6.89. The van der Waals surface area contributed by atoms with Crippen LogP contribution in [-0.2, 0) is 5.60 Å². The molecule has 0 aliphatic heterocycles. The van der Waals surface area contributed by atoms with Crippen molar-refractivity contribution in [1.82, 2.24) is 0 Å². The SMILES string of the molecule is OC(c1ccccc1)(c1ccccc1Br)C(F)(F)C(F)(F)F. The Labute approximate surface area is 131 Å². The van der Waals surface area contributed by atoms with Crippen molar-refractivity contribution in [2.24, 2.45) is 0 Å². The summed E-state index contributed by atoms with van der Waals surface area (Å²) in [5.41, 5.74) is -4.67. The highest BCUT2D eigenvalue weighted by atomic mass is 79.9. The van der Waals surface area contributed by atoms with Gasteiger partial charge in [0.1, 0.15) is 0 Å². The van der Waals surface area contributed by atoms with Crippen molar-refractivity contribution >= 4 is 15.9 Å². The summed E-state index contributed by atoms with van der Waals surface area (Å²) < 4.78 is 66.9. The molecule has 0 aromatic heterocycles. The van der Waals surface area contributed by atoms with Crippen LogP contribution in [0, 0.1) is 0 Å². The van der Waals surface area contributed by atoms with Gasteiger partial charge in [-0.2, -0.15) is 22.0 Å². The maximum absolute atomic E-state index is 14.1.